The minimum Gasteiger partial charge on any atom is -0.394 e. The van der Waals surface area contributed by atoms with Crippen molar-refractivity contribution in [2.45, 2.75) is 41.6 Å². The number of hydrogen-bond donors (Lipinski definition) is 6. The van der Waals surface area contributed by atoms with Gasteiger partial charge in [0, 0.05) is 16.7 Å². The molecule has 32 heavy (non-hydrogen) atoms. The number of aliphatic hydroxyl groups is 3. The third-order valence-electron chi connectivity index (χ3n) is 5.03. The summed E-state index contributed by atoms with van der Waals surface area (Å²) in [4.78, 5) is 0.809. The molecule has 3 rings (SSSR count). The summed E-state index contributed by atoms with van der Waals surface area (Å²) in [7, 11) is 0. The van der Waals surface area contributed by atoms with Crippen LogP contribution in [-0.2, 0) is 4.74 Å². The predicted molar refractivity (Wildman–Crippen MR) is 113 cm³/mol. The van der Waals surface area contributed by atoms with Crippen molar-refractivity contribution in [1.29, 1.82) is 0 Å². The van der Waals surface area contributed by atoms with E-state index in [4.69, 9.17) is 10.6 Å². The van der Waals surface area contributed by atoms with Crippen molar-refractivity contribution in [3.63, 3.8) is 0 Å². The van der Waals surface area contributed by atoms with Crippen molar-refractivity contribution in [2.24, 2.45) is 5.84 Å². The summed E-state index contributed by atoms with van der Waals surface area (Å²) in [6, 6.07) is 7.96. The fourth-order valence-corrected chi connectivity index (χ4v) is 4.30. The zero-order valence-corrected chi connectivity index (χ0v) is 17.8. The fraction of sp³-hybridized carbons (Fsp3) is 0.333. The Bertz CT molecular complexity index is 941. The highest BCUT2D eigenvalue weighted by molar-refractivity contribution is 7.99. The number of hydrazine groups is 1. The normalized spacial score (nSPS) is 26.1. The summed E-state index contributed by atoms with van der Waals surface area (Å²) >= 11 is 1.21. The average Bonchev–Trinajstić information content (AvgIpc) is 2.77. The maximum absolute atomic E-state index is 13.6. The molecule has 0 aliphatic carbocycles. The van der Waals surface area contributed by atoms with Crippen LogP contribution in [0.25, 0.3) is 5.70 Å². The first-order chi connectivity index (χ1) is 15.2. The van der Waals surface area contributed by atoms with Gasteiger partial charge in [0.1, 0.15) is 23.7 Å². The second-order valence-corrected chi connectivity index (χ2v) is 8.46. The number of aryl methyl sites for hydroxylation is 1. The van der Waals surface area contributed by atoms with E-state index in [1.54, 1.807) is 0 Å². The van der Waals surface area contributed by atoms with Gasteiger partial charge in [-0.15, -0.1) is 0 Å². The Labute approximate surface area is 187 Å². The van der Waals surface area contributed by atoms with E-state index >= 15 is 0 Å². The van der Waals surface area contributed by atoms with Gasteiger partial charge in [0.05, 0.1) is 18.3 Å². The van der Waals surface area contributed by atoms with Crippen molar-refractivity contribution in [2.75, 3.05) is 6.61 Å². The second kappa shape index (κ2) is 10.6. The topological polar surface area (TPSA) is 120 Å². The Hall–Kier alpha value is -2.28. The molecule has 11 heteroatoms. The van der Waals surface area contributed by atoms with E-state index in [1.807, 2.05) is 31.2 Å². The average molecular weight is 472 g/mol. The maximum atomic E-state index is 13.6. The van der Waals surface area contributed by atoms with E-state index in [9.17, 15) is 28.5 Å². The summed E-state index contributed by atoms with van der Waals surface area (Å²) in [5, 5.41) is 33.7. The number of benzene rings is 2. The van der Waals surface area contributed by atoms with Gasteiger partial charge in [0.15, 0.2) is 17.5 Å². The minimum absolute atomic E-state index is 0.0306. The van der Waals surface area contributed by atoms with Crippen LogP contribution in [-0.4, -0.2) is 51.7 Å². The maximum Gasteiger partial charge on any atom is 0.194 e. The van der Waals surface area contributed by atoms with Crippen LogP contribution in [0.15, 0.2) is 47.5 Å². The van der Waals surface area contributed by atoms with Gasteiger partial charge in [-0.1, -0.05) is 29.5 Å². The lowest BCUT2D eigenvalue weighted by Gasteiger charge is -2.42. The number of rotatable bonds is 7. The highest BCUT2D eigenvalue weighted by Gasteiger charge is 2.44. The van der Waals surface area contributed by atoms with Gasteiger partial charge >= 0.3 is 0 Å². The van der Waals surface area contributed by atoms with Gasteiger partial charge in [-0.05, 0) is 31.2 Å². The largest absolute Gasteiger partial charge is 0.394 e. The van der Waals surface area contributed by atoms with Crippen molar-refractivity contribution in [3.05, 3.63) is 71.2 Å². The van der Waals surface area contributed by atoms with Crippen molar-refractivity contribution < 1.29 is 33.2 Å². The standard InChI is InChI=1S/C21H24F3N3O4S/c1-10-2-4-12(5-3-10)32-21-20(30)18(19(29)16(9-28)31-21)26-8-15(27-25)11-6-13(22)17(24)14(23)7-11/h2-8,16,18-21,26-30H,9,25H2,1H3/b15-8-/t16?,18?,19-,20?,21+/m0/s1. The first kappa shape index (κ1) is 24.4. The molecule has 0 spiro atoms. The molecule has 1 aliphatic heterocycles. The van der Waals surface area contributed by atoms with Gasteiger partial charge in [-0.25, -0.2) is 13.2 Å². The zero-order valence-electron chi connectivity index (χ0n) is 17.0. The highest BCUT2D eigenvalue weighted by Crippen LogP contribution is 2.33. The van der Waals surface area contributed by atoms with E-state index < -0.39 is 53.8 Å². The Morgan fingerprint density at radius 2 is 1.75 bits per heavy atom. The monoisotopic (exact) mass is 471 g/mol. The van der Waals surface area contributed by atoms with Gasteiger partial charge in [-0.3, -0.25) is 5.84 Å². The van der Waals surface area contributed by atoms with Crippen LogP contribution in [0.5, 0.6) is 0 Å². The van der Waals surface area contributed by atoms with E-state index in [2.05, 4.69) is 10.7 Å². The molecule has 1 aliphatic rings. The van der Waals surface area contributed by atoms with Crippen LogP contribution in [0.2, 0.25) is 0 Å². The van der Waals surface area contributed by atoms with Gasteiger partial charge in [0.2, 0.25) is 0 Å². The summed E-state index contributed by atoms with van der Waals surface area (Å²) in [6.45, 7) is 1.43. The lowest BCUT2D eigenvalue weighted by Crippen LogP contribution is -2.62. The molecule has 0 aromatic heterocycles. The number of nitrogens with two attached hydrogens (primary N) is 1. The molecule has 0 amide bonds. The lowest BCUT2D eigenvalue weighted by molar-refractivity contribution is -0.164. The summed E-state index contributed by atoms with van der Waals surface area (Å²) in [5.41, 5.74) is 2.33. The molecule has 1 heterocycles. The molecular weight excluding hydrogens is 447 g/mol. The van der Waals surface area contributed by atoms with E-state index in [0.29, 0.717) is 0 Å². The molecule has 3 unspecified atom stereocenters. The van der Waals surface area contributed by atoms with Crippen LogP contribution >= 0.6 is 11.8 Å². The quantitative estimate of drug-likeness (QED) is 0.204. The van der Waals surface area contributed by atoms with Crippen LogP contribution < -0.4 is 16.6 Å². The van der Waals surface area contributed by atoms with Gasteiger partial charge in [0.25, 0.3) is 0 Å². The highest BCUT2D eigenvalue weighted by atomic mass is 32.2. The molecule has 1 saturated heterocycles. The molecule has 0 saturated carbocycles. The molecule has 0 radical (unpaired) electrons. The molecule has 2 aromatic carbocycles. The van der Waals surface area contributed by atoms with Crippen LogP contribution in [0.1, 0.15) is 11.1 Å². The van der Waals surface area contributed by atoms with Crippen molar-refractivity contribution in [1.82, 2.24) is 10.7 Å². The number of ether oxygens (including phenoxy) is 1. The molecular formula is C21H24F3N3O4S. The molecule has 7 nitrogen and oxygen atoms in total. The molecule has 5 atom stereocenters. The van der Waals surface area contributed by atoms with Crippen molar-refractivity contribution in [3.8, 4) is 0 Å². The summed E-state index contributed by atoms with van der Waals surface area (Å²) in [6.07, 6.45) is -2.36. The molecule has 1 fully saturated rings. The van der Waals surface area contributed by atoms with Crippen LogP contribution in [0.4, 0.5) is 13.2 Å². The van der Waals surface area contributed by atoms with Crippen LogP contribution in [0.3, 0.4) is 0 Å². The molecule has 174 valence electrons. The van der Waals surface area contributed by atoms with Gasteiger partial charge < -0.3 is 30.8 Å². The zero-order chi connectivity index (χ0) is 23.4. The molecule has 0 bridgehead atoms. The molecule has 7 N–H and O–H groups in total. The Balaban J connectivity index is 1.82. The smallest absolute Gasteiger partial charge is 0.194 e. The number of thioether (sulfide) groups is 1. The lowest BCUT2D eigenvalue weighted by atomic mass is 9.97. The van der Waals surface area contributed by atoms with Crippen LogP contribution in [0, 0.1) is 24.4 Å². The Morgan fingerprint density at radius 1 is 1.12 bits per heavy atom. The minimum atomic E-state index is -1.62. The summed E-state index contributed by atoms with van der Waals surface area (Å²) in [5.74, 6) is 1.02. The Kier molecular flexibility index (Phi) is 8.04. The Morgan fingerprint density at radius 3 is 2.31 bits per heavy atom. The van der Waals surface area contributed by atoms with Crippen molar-refractivity contribution >= 4 is 17.5 Å². The number of hydrogen-bond acceptors (Lipinski definition) is 8. The van der Waals surface area contributed by atoms with Gasteiger partial charge in [-0.2, -0.15) is 0 Å². The number of aliphatic hydroxyl groups excluding tert-OH is 3. The number of nitrogens with one attached hydrogen (secondary N) is 2. The summed E-state index contributed by atoms with van der Waals surface area (Å²) < 4.78 is 46.1. The third kappa shape index (κ3) is 5.37. The SMILES string of the molecule is Cc1ccc(S[C@H]2OC(CO)[C@H](O)C(N/C=C(\NN)c3cc(F)c(F)c(F)c3)C2O)cc1. The molecule has 2 aromatic rings. The van der Waals surface area contributed by atoms with E-state index in [1.165, 1.54) is 18.0 Å². The van der Waals surface area contributed by atoms with E-state index in [-0.39, 0.29) is 11.3 Å². The second-order valence-electron chi connectivity index (χ2n) is 7.29. The third-order valence-corrected chi connectivity index (χ3v) is 6.19. The van der Waals surface area contributed by atoms with E-state index in [0.717, 1.165) is 22.6 Å². The predicted octanol–water partition coefficient (Wildman–Crippen LogP) is 1.36. The number of halogens is 3. The fourth-order valence-electron chi connectivity index (χ4n) is 3.23. The first-order valence-corrected chi connectivity index (χ1v) is 10.6. The first-order valence-electron chi connectivity index (χ1n) is 9.68.